The Morgan fingerprint density at radius 3 is 2.51 bits per heavy atom. The van der Waals surface area contributed by atoms with Gasteiger partial charge in [0.2, 0.25) is 0 Å². The fourth-order valence-electron chi connectivity index (χ4n) is 6.29. The fraction of sp³-hybridized carbons (Fsp3) is 0.567. The van der Waals surface area contributed by atoms with Crippen molar-refractivity contribution in [3.05, 3.63) is 53.1 Å². The van der Waals surface area contributed by atoms with Gasteiger partial charge in [0, 0.05) is 12.1 Å². The van der Waals surface area contributed by atoms with Gasteiger partial charge in [0.25, 0.3) is 0 Å². The van der Waals surface area contributed by atoms with Crippen LogP contribution in [0, 0.1) is 11.3 Å². The molecule has 2 atom stereocenters. The molecule has 3 aliphatic heterocycles. The van der Waals surface area contributed by atoms with Gasteiger partial charge in [-0.1, -0.05) is 51.5 Å². The van der Waals surface area contributed by atoms with Gasteiger partial charge in [-0.15, -0.1) is 0 Å². The monoisotopic (exact) mass is 476 g/mol. The van der Waals surface area contributed by atoms with Crippen molar-refractivity contribution < 1.29 is 14.3 Å². The van der Waals surface area contributed by atoms with E-state index in [9.17, 15) is 4.79 Å². The molecule has 0 radical (unpaired) electrons. The lowest BCUT2D eigenvalue weighted by Gasteiger charge is -2.44. The summed E-state index contributed by atoms with van der Waals surface area (Å²) in [7, 11) is 1.73. The normalized spacial score (nSPS) is 26.6. The fourth-order valence-corrected chi connectivity index (χ4v) is 6.29. The van der Waals surface area contributed by atoms with Crippen molar-refractivity contribution in [2.24, 2.45) is 11.3 Å². The number of nitrogens with zero attached hydrogens (tertiary/aromatic N) is 1. The lowest BCUT2D eigenvalue weighted by Crippen LogP contribution is -2.53. The van der Waals surface area contributed by atoms with E-state index >= 15 is 0 Å². The molecule has 3 fully saturated rings. The Bertz CT molecular complexity index is 1050. The molecule has 1 aliphatic carbocycles. The van der Waals surface area contributed by atoms with Crippen molar-refractivity contribution >= 4 is 6.09 Å². The quantitative estimate of drug-likeness (QED) is 0.543. The molecule has 0 aromatic heterocycles. The zero-order valence-electron chi connectivity index (χ0n) is 21.7. The third-order valence-electron chi connectivity index (χ3n) is 8.51. The number of hydrogen-bond donors (Lipinski definition) is 1. The summed E-state index contributed by atoms with van der Waals surface area (Å²) in [6, 6.07) is 13.1. The highest BCUT2D eigenvalue weighted by atomic mass is 16.6. The SMILES string of the molecule is CCCc1ccc(-c2cc3c(cc2OC)C(NC(=O)O[C@H]2CN4CCC2CC4)C(C)(C)CC3)cc1. The Morgan fingerprint density at radius 2 is 1.89 bits per heavy atom. The van der Waals surface area contributed by atoms with E-state index in [2.05, 4.69) is 67.4 Å². The van der Waals surface area contributed by atoms with Crippen LogP contribution in [-0.2, 0) is 17.6 Å². The number of benzene rings is 2. The minimum Gasteiger partial charge on any atom is -0.496 e. The first-order valence-corrected chi connectivity index (χ1v) is 13.4. The molecular weight excluding hydrogens is 436 g/mol. The first-order chi connectivity index (χ1) is 16.9. The van der Waals surface area contributed by atoms with E-state index in [-0.39, 0.29) is 23.7 Å². The number of aryl methyl sites for hydroxylation is 2. The summed E-state index contributed by atoms with van der Waals surface area (Å²) in [5.74, 6) is 1.35. The second-order valence-corrected chi connectivity index (χ2v) is 11.3. The van der Waals surface area contributed by atoms with Crippen LogP contribution in [0.3, 0.4) is 0 Å². The summed E-state index contributed by atoms with van der Waals surface area (Å²) in [6.07, 6.45) is 6.23. The highest BCUT2D eigenvalue weighted by Gasteiger charge is 2.40. The Kier molecular flexibility index (Phi) is 6.80. The topological polar surface area (TPSA) is 50.8 Å². The highest BCUT2D eigenvalue weighted by molar-refractivity contribution is 5.74. The molecule has 5 nitrogen and oxygen atoms in total. The summed E-state index contributed by atoms with van der Waals surface area (Å²) >= 11 is 0. The Morgan fingerprint density at radius 1 is 1.14 bits per heavy atom. The average Bonchev–Trinajstić information content (AvgIpc) is 2.86. The molecule has 1 unspecified atom stereocenters. The van der Waals surface area contributed by atoms with Crippen LogP contribution in [0.2, 0.25) is 0 Å². The van der Waals surface area contributed by atoms with Crippen molar-refractivity contribution in [2.75, 3.05) is 26.7 Å². The van der Waals surface area contributed by atoms with E-state index in [1.54, 1.807) is 7.11 Å². The number of hydrogen-bond acceptors (Lipinski definition) is 4. The van der Waals surface area contributed by atoms with Gasteiger partial charge in [0.05, 0.1) is 13.2 Å². The van der Waals surface area contributed by atoms with E-state index in [0.717, 1.165) is 75.0 Å². The van der Waals surface area contributed by atoms with Gasteiger partial charge in [-0.25, -0.2) is 4.79 Å². The molecule has 2 aromatic rings. The maximum atomic E-state index is 13.1. The van der Waals surface area contributed by atoms with E-state index in [1.807, 2.05) is 0 Å². The smallest absolute Gasteiger partial charge is 0.407 e. The predicted molar refractivity (Wildman–Crippen MR) is 140 cm³/mol. The number of carbonyl (C=O) groups excluding carboxylic acids is 1. The molecule has 3 saturated heterocycles. The van der Waals surface area contributed by atoms with Gasteiger partial charge in [-0.3, -0.25) is 4.90 Å². The summed E-state index contributed by atoms with van der Waals surface area (Å²) in [5, 5.41) is 3.27. The van der Waals surface area contributed by atoms with Gasteiger partial charge >= 0.3 is 6.09 Å². The van der Waals surface area contributed by atoms with Crippen molar-refractivity contribution in [3.63, 3.8) is 0 Å². The molecule has 4 aliphatic rings. The molecule has 0 saturated carbocycles. The number of ether oxygens (including phenoxy) is 2. The number of piperidine rings is 3. The number of nitrogens with one attached hydrogen (secondary N) is 1. The van der Waals surface area contributed by atoms with Crippen LogP contribution < -0.4 is 10.1 Å². The average molecular weight is 477 g/mol. The summed E-state index contributed by atoms with van der Waals surface area (Å²) in [6.45, 7) is 9.83. The summed E-state index contributed by atoms with van der Waals surface area (Å²) < 4.78 is 11.9. The zero-order chi connectivity index (χ0) is 24.6. The maximum absolute atomic E-state index is 13.1. The largest absolute Gasteiger partial charge is 0.496 e. The van der Waals surface area contributed by atoms with E-state index in [4.69, 9.17) is 9.47 Å². The second kappa shape index (κ2) is 9.85. The van der Waals surface area contributed by atoms with Gasteiger partial charge in [0.1, 0.15) is 11.9 Å². The summed E-state index contributed by atoms with van der Waals surface area (Å²) in [5.41, 5.74) is 6.00. The van der Waals surface area contributed by atoms with E-state index in [1.165, 1.54) is 16.7 Å². The number of alkyl carbamates (subject to hydrolysis) is 1. The summed E-state index contributed by atoms with van der Waals surface area (Å²) in [4.78, 5) is 15.5. The minimum absolute atomic E-state index is 0.0104. The van der Waals surface area contributed by atoms with Crippen LogP contribution in [-0.4, -0.2) is 43.8 Å². The van der Waals surface area contributed by atoms with Crippen molar-refractivity contribution in [2.45, 2.75) is 71.4 Å². The number of fused-ring (bicyclic) bond motifs is 4. The number of rotatable bonds is 6. The van der Waals surface area contributed by atoms with Crippen LogP contribution in [0.5, 0.6) is 5.75 Å². The number of carbonyl (C=O) groups is 1. The van der Waals surface area contributed by atoms with Gasteiger partial charge in [-0.05, 0) is 90.9 Å². The Hall–Kier alpha value is -2.53. The van der Waals surface area contributed by atoms with Gasteiger partial charge in [-0.2, -0.15) is 0 Å². The van der Waals surface area contributed by atoms with Crippen LogP contribution >= 0.6 is 0 Å². The first kappa shape index (κ1) is 24.2. The van der Waals surface area contributed by atoms with Crippen LogP contribution in [0.25, 0.3) is 11.1 Å². The zero-order valence-corrected chi connectivity index (χ0v) is 21.7. The molecule has 1 amide bonds. The molecular formula is C30H40N2O3. The lowest BCUT2D eigenvalue weighted by atomic mass is 9.70. The molecule has 3 heterocycles. The third kappa shape index (κ3) is 4.93. The molecule has 35 heavy (non-hydrogen) atoms. The predicted octanol–water partition coefficient (Wildman–Crippen LogP) is 6.15. The van der Waals surface area contributed by atoms with Crippen molar-refractivity contribution in [3.8, 4) is 16.9 Å². The van der Waals surface area contributed by atoms with Crippen LogP contribution in [0.1, 0.15) is 69.2 Å². The van der Waals surface area contributed by atoms with Crippen molar-refractivity contribution in [1.29, 1.82) is 0 Å². The Labute approximate surface area is 210 Å². The van der Waals surface area contributed by atoms with E-state index in [0.29, 0.717) is 5.92 Å². The molecule has 5 heteroatoms. The van der Waals surface area contributed by atoms with Gasteiger partial charge in [0.15, 0.2) is 0 Å². The third-order valence-corrected chi connectivity index (χ3v) is 8.51. The molecule has 2 bridgehead atoms. The molecule has 1 N–H and O–H groups in total. The minimum atomic E-state index is -0.288. The molecule has 0 spiro atoms. The van der Waals surface area contributed by atoms with Crippen LogP contribution in [0.4, 0.5) is 4.79 Å². The lowest BCUT2D eigenvalue weighted by molar-refractivity contribution is -0.0353. The number of methoxy groups -OCH3 is 1. The van der Waals surface area contributed by atoms with Gasteiger partial charge < -0.3 is 14.8 Å². The highest BCUT2D eigenvalue weighted by Crippen LogP contribution is 2.47. The maximum Gasteiger partial charge on any atom is 0.407 e. The molecule has 188 valence electrons. The standard InChI is InChI=1S/C30H40N2O3/c1-5-6-20-7-9-21(10-8-20)24-17-23-11-14-30(2,3)28(25(23)18-26(24)34-4)31-29(33)35-27-19-32-15-12-22(27)13-16-32/h7-10,17-18,22,27-28H,5-6,11-16,19H2,1-4H3,(H,31,33)/t27-,28?/m0/s1. The first-order valence-electron chi connectivity index (χ1n) is 13.4. The Balaban J connectivity index is 1.39. The van der Waals surface area contributed by atoms with E-state index < -0.39 is 0 Å². The van der Waals surface area contributed by atoms with Crippen LogP contribution in [0.15, 0.2) is 36.4 Å². The second-order valence-electron chi connectivity index (χ2n) is 11.3. The van der Waals surface area contributed by atoms with Crippen molar-refractivity contribution in [1.82, 2.24) is 10.2 Å². The molecule has 6 rings (SSSR count). The molecule has 2 aromatic carbocycles. The number of amides is 1.